The lowest BCUT2D eigenvalue weighted by Crippen LogP contribution is -2.31. The highest BCUT2D eigenvalue weighted by Crippen LogP contribution is 2.15. The molecule has 0 atom stereocenters. The maximum absolute atomic E-state index is 12.6. The predicted octanol–water partition coefficient (Wildman–Crippen LogP) is 3.96. The van der Waals surface area contributed by atoms with Crippen molar-refractivity contribution < 1.29 is 4.79 Å². The van der Waals surface area contributed by atoms with Crippen molar-refractivity contribution in [3.05, 3.63) is 65.5 Å². The maximum atomic E-state index is 12.6. The Morgan fingerprint density at radius 3 is 2.55 bits per heavy atom. The Bertz CT molecular complexity index is 608. The molecule has 1 heterocycles. The van der Waals surface area contributed by atoms with Gasteiger partial charge in [-0.25, -0.2) is 0 Å². The molecular formula is C19H24N2O. The van der Waals surface area contributed by atoms with Crippen LogP contribution >= 0.6 is 0 Å². The van der Waals surface area contributed by atoms with Crippen molar-refractivity contribution in [3.8, 4) is 0 Å². The SMILES string of the molecule is Cc1ccccc1CN(Cc1cccnc1)C(=O)CC(C)C. The third kappa shape index (κ3) is 4.69. The molecule has 0 spiro atoms. The number of aromatic nitrogens is 1. The standard InChI is InChI=1S/C19H24N2O/c1-15(2)11-19(22)21(13-17-8-6-10-20-12-17)14-18-9-5-4-7-16(18)3/h4-10,12,15H,11,13-14H2,1-3H3. The topological polar surface area (TPSA) is 33.2 Å². The van der Waals surface area contributed by atoms with Gasteiger partial charge in [-0.15, -0.1) is 0 Å². The molecule has 2 rings (SSSR count). The highest BCUT2D eigenvalue weighted by Gasteiger charge is 2.16. The van der Waals surface area contributed by atoms with Crippen LogP contribution < -0.4 is 0 Å². The Morgan fingerprint density at radius 2 is 1.91 bits per heavy atom. The number of pyridine rings is 1. The van der Waals surface area contributed by atoms with Crippen molar-refractivity contribution in [2.24, 2.45) is 5.92 Å². The highest BCUT2D eigenvalue weighted by molar-refractivity contribution is 5.76. The molecule has 1 amide bonds. The fourth-order valence-electron chi connectivity index (χ4n) is 2.42. The lowest BCUT2D eigenvalue weighted by atomic mass is 10.1. The molecule has 0 radical (unpaired) electrons. The first-order valence-electron chi connectivity index (χ1n) is 7.77. The Kier molecular flexibility index (Phi) is 5.70. The number of nitrogens with zero attached hydrogens (tertiary/aromatic N) is 2. The van der Waals surface area contributed by atoms with E-state index in [1.54, 1.807) is 6.20 Å². The molecule has 3 heteroatoms. The van der Waals surface area contributed by atoms with Gasteiger partial charge in [0.2, 0.25) is 5.91 Å². The zero-order valence-electron chi connectivity index (χ0n) is 13.6. The molecule has 0 unspecified atom stereocenters. The Labute approximate surface area is 133 Å². The average Bonchev–Trinajstić information content (AvgIpc) is 2.49. The molecule has 2 aromatic rings. The summed E-state index contributed by atoms with van der Waals surface area (Å²) in [6.07, 6.45) is 4.16. The first-order chi connectivity index (χ1) is 10.6. The molecular weight excluding hydrogens is 272 g/mol. The number of rotatable bonds is 6. The van der Waals surface area contributed by atoms with Crippen molar-refractivity contribution in [1.82, 2.24) is 9.88 Å². The molecule has 1 aromatic carbocycles. The van der Waals surface area contributed by atoms with Crippen LogP contribution in [-0.2, 0) is 17.9 Å². The van der Waals surface area contributed by atoms with Crippen molar-refractivity contribution in [2.75, 3.05) is 0 Å². The van der Waals surface area contributed by atoms with E-state index in [-0.39, 0.29) is 5.91 Å². The van der Waals surface area contributed by atoms with E-state index in [4.69, 9.17) is 0 Å². The van der Waals surface area contributed by atoms with Gasteiger partial charge in [-0.2, -0.15) is 0 Å². The number of hydrogen-bond donors (Lipinski definition) is 0. The van der Waals surface area contributed by atoms with Crippen LogP contribution in [0.2, 0.25) is 0 Å². The lowest BCUT2D eigenvalue weighted by molar-refractivity contribution is -0.133. The number of carbonyl (C=O) groups is 1. The molecule has 0 N–H and O–H groups in total. The van der Waals surface area contributed by atoms with Crippen LogP contribution in [0.15, 0.2) is 48.8 Å². The summed E-state index contributed by atoms with van der Waals surface area (Å²) in [4.78, 5) is 18.7. The van der Waals surface area contributed by atoms with Crippen LogP contribution in [0, 0.1) is 12.8 Å². The van der Waals surface area contributed by atoms with Gasteiger partial charge in [0.15, 0.2) is 0 Å². The summed E-state index contributed by atoms with van der Waals surface area (Å²) in [5.74, 6) is 0.558. The Hall–Kier alpha value is -2.16. The van der Waals surface area contributed by atoms with Gasteiger partial charge < -0.3 is 4.90 Å². The summed E-state index contributed by atoms with van der Waals surface area (Å²) in [5, 5.41) is 0. The fourth-order valence-corrected chi connectivity index (χ4v) is 2.42. The van der Waals surface area contributed by atoms with Crippen LogP contribution in [0.5, 0.6) is 0 Å². The van der Waals surface area contributed by atoms with Crippen molar-refractivity contribution in [2.45, 2.75) is 40.3 Å². The molecule has 0 bridgehead atoms. The molecule has 0 aliphatic rings. The van der Waals surface area contributed by atoms with Crippen LogP contribution in [0.4, 0.5) is 0 Å². The zero-order valence-corrected chi connectivity index (χ0v) is 13.6. The normalized spacial score (nSPS) is 10.7. The van der Waals surface area contributed by atoms with Gasteiger partial charge in [0.25, 0.3) is 0 Å². The van der Waals surface area contributed by atoms with E-state index in [0.29, 0.717) is 25.4 Å². The van der Waals surface area contributed by atoms with E-state index >= 15 is 0 Å². The van der Waals surface area contributed by atoms with Gasteiger partial charge in [-0.05, 0) is 35.6 Å². The highest BCUT2D eigenvalue weighted by atomic mass is 16.2. The largest absolute Gasteiger partial charge is 0.334 e. The first-order valence-corrected chi connectivity index (χ1v) is 7.77. The lowest BCUT2D eigenvalue weighted by Gasteiger charge is -2.24. The van der Waals surface area contributed by atoms with Gasteiger partial charge >= 0.3 is 0 Å². The molecule has 1 aromatic heterocycles. The van der Waals surface area contributed by atoms with Gasteiger partial charge in [0, 0.05) is 31.9 Å². The minimum atomic E-state index is 0.196. The third-order valence-electron chi connectivity index (χ3n) is 3.65. The van der Waals surface area contributed by atoms with E-state index in [1.807, 2.05) is 35.4 Å². The number of benzene rings is 1. The monoisotopic (exact) mass is 296 g/mol. The summed E-state index contributed by atoms with van der Waals surface area (Å²) in [6.45, 7) is 7.49. The minimum Gasteiger partial charge on any atom is -0.334 e. The van der Waals surface area contributed by atoms with Crippen LogP contribution in [-0.4, -0.2) is 15.8 Å². The van der Waals surface area contributed by atoms with E-state index in [1.165, 1.54) is 11.1 Å². The summed E-state index contributed by atoms with van der Waals surface area (Å²) in [7, 11) is 0. The van der Waals surface area contributed by atoms with Crippen molar-refractivity contribution in [1.29, 1.82) is 0 Å². The molecule has 0 fully saturated rings. The average molecular weight is 296 g/mol. The van der Waals surface area contributed by atoms with Crippen LogP contribution in [0.3, 0.4) is 0 Å². The minimum absolute atomic E-state index is 0.196. The molecule has 0 saturated heterocycles. The molecule has 3 nitrogen and oxygen atoms in total. The van der Waals surface area contributed by atoms with Crippen LogP contribution in [0.1, 0.15) is 37.0 Å². The molecule has 0 saturated carbocycles. The predicted molar refractivity (Wildman–Crippen MR) is 89.1 cm³/mol. The van der Waals surface area contributed by atoms with Gasteiger partial charge in [-0.1, -0.05) is 44.2 Å². The first kappa shape index (κ1) is 16.2. The second-order valence-corrected chi connectivity index (χ2v) is 6.14. The zero-order chi connectivity index (χ0) is 15.9. The molecule has 22 heavy (non-hydrogen) atoms. The Balaban J connectivity index is 2.17. The molecule has 0 aliphatic heterocycles. The second-order valence-electron chi connectivity index (χ2n) is 6.14. The van der Waals surface area contributed by atoms with Gasteiger partial charge in [0.1, 0.15) is 0 Å². The summed E-state index contributed by atoms with van der Waals surface area (Å²) < 4.78 is 0. The third-order valence-corrected chi connectivity index (χ3v) is 3.65. The maximum Gasteiger partial charge on any atom is 0.223 e. The van der Waals surface area contributed by atoms with Crippen molar-refractivity contribution >= 4 is 5.91 Å². The number of carbonyl (C=O) groups excluding carboxylic acids is 1. The van der Waals surface area contributed by atoms with E-state index < -0.39 is 0 Å². The molecule has 116 valence electrons. The van der Waals surface area contributed by atoms with E-state index in [2.05, 4.69) is 37.9 Å². The smallest absolute Gasteiger partial charge is 0.223 e. The summed E-state index contributed by atoms with van der Waals surface area (Å²) in [6, 6.07) is 12.2. The van der Waals surface area contributed by atoms with Gasteiger partial charge in [-0.3, -0.25) is 9.78 Å². The van der Waals surface area contributed by atoms with E-state index in [9.17, 15) is 4.79 Å². The second kappa shape index (κ2) is 7.74. The Morgan fingerprint density at radius 1 is 1.14 bits per heavy atom. The fraction of sp³-hybridized carbons (Fsp3) is 0.368. The number of aryl methyl sites for hydroxylation is 1. The molecule has 0 aliphatic carbocycles. The van der Waals surface area contributed by atoms with Crippen molar-refractivity contribution in [3.63, 3.8) is 0 Å². The van der Waals surface area contributed by atoms with Crippen LogP contribution in [0.25, 0.3) is 0 Å². The summed E-state index contributed by atoms with van der Waals surface area (Å²) in [5.41, 5.74) is 3.48. The van der Waals surface area contributed by atoms with Gasteiger partial charge in [0.05, 0.1) is 0 Å². The number of hydrogen-bond acceptors (Lipinski definition) is 2. The number of amides is 1. The van der Waals surface area contributed by atoms with E-state index in [0.717, 1.165) is 5.56 Å². The quantitative estimate of drug-likeness (QED) is 0.808. The summed E-state index contributed by atoms with van der Waals surface area (Å²) >= 11 is 0.